The molecular formula is C35H38N2O10. The number of H-pyrrole nitrogens is 1. The number of hydrogen-bond acceptors (Lipinski definition) is 10. The Bertz CT molecular complexity index is 1710. The Balaban J connectivity index is 1.54. The molecule has 2 heterocycles. The molecular weight excluding hydrogens is 608 g/mol. The number of esters is 1. The Labute approximate surface area is 271 Å². The third kappa shape index (κ3) is 7.15. The minimum atomic E-state index is -1.28. The second-order valence-electron chi connectivity index (χ2n) is 11.0. The maximum Gasteiger partial charge on any atom is 0.330 e. The van der Waals surface area contributed by atoms with E-state index in [2.05, 4.69) is 4.98 Å². The lowest BCUT2D eigenvalue weighted by Gasteiger charge is -2.37. The quantitative estimate of drug-likeness (QED) is 0.126. The van der Waals surface area contributed by atoms with Crippen LogP contribution in [-0.4, -0.2) is 73.0 Å². The molecule has 0 aliphatic carbocycles. The lowest BCUT2D eigenvalue weighted by atomic mass is 9.80. The monoisotopic (exact) mass is 646 g/mol. The van der Waals surface area contributed by atoms with Gasteiger partial charge >= 0.3 is 11.7 Å². The van der Waals surface area contributed by atoms with Crippen LogP contribution in [0.3, 0.4) is 0 Å². The van der Waals surface area contributed by atoms with E-state index < -0.39 is 47.4 Å². The molecule has 4 atom stereocenters. The van der Waals surface area contributed by atoms with Crippen LogP contribution < -0.4 is 20.7 Å². The highest BCUT2D eigenvalue weighted by Crippen LogP contribution is 2.43. The third-order valence-electron chi connectivity index (χ3n) is 8.07. The largest absolute Gasteiger partial charge is 0.497 e. The number of benzene rings is 3. The number of aromatic nitrogens is 2. The van der Waals surface area contributed by atoms with Gasteiger partial charge in [-0.15, -0.1) is 0 Å². The summed E-state index contributed by atoms with van der Waals surface area (Å²) in [6.07, 6.45) is -3.12. The van der Waals surface area contributed by atoms with E-state index in [4.69, 9.17) is 28.4 Å². The summed E-state index contributed by atoms with van der Waals surface area (Å²) in [5.41, 5.74) is 0.162. The first-order valence-corrected chi connectivity index (χ1v) is 15.1. The average molecular weight is 647 g/mol. The summed E-state index contributed by atoms with van der Waals surface area (Å²) in [7, 11) is 3.18. The molecule has 3 aromatic carbocycles. The summed E-state index contributed by atoms with van der Waals surface area (Å²) >= 11 is 0. The Morgan fingerprint density at radius 3 is 2.02 bits per heavy atom. The second kappa shape index (κ2) is 14.8. The van der Waals surface area contributed by atoms with Crippen molar-refractivity contribution in [2.75, 3.05) is 34.0 Å². The van der Waals surface area contributed by atoms with Crippen LogP contribution in [-0.2, 0) is 29.3 Å². The number of aliphatic hydroxyl groups excluding tert-OH is 1. The number of ether oxygens (including phenoxy) is 6. The van der Waals surface area contributed by atoms with Crippen molar-refractivity contribution >= 4 is 5.97 Å². The third-order valence-corrected chi connectivity index (χ3v) is 8.07. The molecule has 1 aliphatic heterocycles. The molecule has 5 rings (SSSR count). The van der Waals surface area contributed by atoms with E-state index in [1.54, 1.807) is 21.1 Å². The first-order valence-electron chi connectivity index (χ1n) is 15.1. The SMILES string of the molecule is COc1ccc(C(OC[C@H]2O[C@@H](n3cc(C)c(=O)[nH]c3=O)[C@H](OCCOC(C)=O)[C@@H]2O)(c2ccccc2)c2ccc(OC)cc2)cc1. The highest BCUT2D eigenvalue weighted by molar-refractivity contribution is 5.65. The number of carbonyl (C=O) groups is 1. The van der Waals surface area contributed by atoms with E-state index in [0.29, 0.717) is 11.5 Å². The molecule has 0 amide bonds. The first-order chi connectivity index (χ1) is 22.7. The van der Waals surface area contributed by atoms with Gasteiger partial charge in [0.05, 0.1) is 27.4 Å². The molecule has 0 bridgehead atoms. The van der Waals surface area contributed by atoms with Crippen LogP contribution in [0.25, 0.3) is 0 Å². The van der Waals surface area contributed by atoms with E-state index in [1.165, 1.54) is 17.7 Å². The fourth-order valence-corrected chi connectivity index (χ4v) is 5.69. The van der Waals surface area contributed by atoms with Crippen LogP contribution >= 0.6 is 0 Å². The van der Waals surface area contributed by atoms with Crippen molar-refractivity contribution in [3.8, 4) is 11.5 Å². The van der Waals surface area contributed by atoms with Gasteiger partial charge in [0.2, 0.25) is 0 Å². The van der Waals surface area contributed by atoms with Gasteiger partial charge in [-0.1, -0.05) is 54.6 Å². The van der Waals surface area contributed by atoms with E-state index in [0.717, 1.165) is 16.7 Å². The van der Waals surface area contributed by atoms with Gasteiger partial charge in [-0.05, 0) is 47.9 Å². The van der Waals surface area contributed by atoms with Gasteiger partial charge in [0.25, 0.3) is 5.56 Å². The summed E-state index contributed by atoms with van der Waals surface area (Å²) < 4.78 is 36.2. The molecule has 0 spiro atoms. The van der Waals surface area contributed by atoms with Crippen molar-refractivity contribution in [3.05, 3.63) is 128 Å². The number of hydrogen-bond donors (Lipinski definition) is 2. The molecule has 1 aliphatic rings. The van der Waals surface area contributed by atoms with Crippen molar-refractivity contribution in [2.45, 2.75) is 44.0 Å². The number of nitrogens with zero attached hydrogens (tertiary/aromatic N) is 1. The standard InChI is InChI=1S/C35H38N2O10/c1-22-20-37(34(41)36-32(22)40)33-31(45-19-18-44-23(2)38)30(39)29(47-33)21-46-35(24-8-6-5-7-9-24,25-10-14-27(42-3)15-11-25)26-12-16-28(43-4)17-13-26/h5-17,20,29-31,33,39H,18-19,21H2,1-4H3,(H,36,40,41)/t29-,30-,31-,33-/m1/s1. The molecule has 47 heavy (non-hydrogen) atoms. The average Bonchev–Trinajstić information content (AvgIpc) is 3.40. The Morgan fingerprint density at radius 1 is 0.894 bits per heavy atom. The zero-order valence-electron chi connectivity index (χ0n) is 26.6. The molecule has 12 nitrogen and oxygen atoms in total. The highest BCUT2D eigenvalue weighted by Gasteiger charge is 2.48. The number of methoxy groups -OCH3 is 2. The molecule has 2 N–H and O–H groups in total. The minimum Gasteiger partial charge on any atom is -0.497 e. The Morgan fingerprint density at radius 2 is 1.47 bits per heavy atom. The molecule has 4 aromatic rings. The van der Waals surface area contributed by atoms with Crippen LogP contribution in [0.1, 0.15) is 35.4 Å². The summed E-state index contributed by atoms with van der Waals surface area (Å²) in [4.78, 5) is 38.6. The van der Waals surface area contributed by atoms with Crippen LogP contribution in [0.5, 0.6) is 11.5 Å². The fraction of sp³-hybridized carbons (Fsp3) is 0.343. The van der Waals surface area contributed by atoms with Gasteiger partial charge in [-0.3, -0.25) is 19.1 Å². The number of aryl methyl sites for hydroxylation is 1. The number of rotatable bonds is 13. The van der Waals surface area contributed by atoms with Crippen molar-refractivity contribution in [2.24, 2.45) is 0 Å². The van der Waals surface area contributed by atoms with Crippen LogP contribution in [0.4, 0.5) is 0 Å². The normalized spacial score (nSPS) is 19.3. The topological polar surface area (TPSA) is 148 Å². The molecule has 12 heteroatoms. The van der Waals surface area contributed by atoms with E-state index >= 15 is 0 Å². The predicted molar refractivity (Wildman–Crippen MR) is 171 cm³/mol. The van der Waals surface area contributed by atoms with Crippen molar-refractivity contribution in [1.29, 1.82) is 0 Å². The first kappa shape index (κ1) is 33.6. The van der Waals surface area contributed by atoms with Gasteiger partial charge in [0, 0.05) is 18.7 Å². The van der Waals surface area contributed by atoms with Crippen LogP contribution in [0.15, 0.2) is 94.6 Å². The maximum absolute atomic E-state index is 12.9. The van der Waals surface area contributed by atoms with Crippen LogP contribution in [0, 0.1) is 6.92 Å². The van der Waals surface area contributed by atoms with Crippen LogP contribution in [0.2, 0.25) is 0 Å². The van der Waals surface area contributed by atoms with Gasteiger partial charge < -0.3 is 33.5 Å². The smallest absolute Gasteiger partial charge is 0.330 e. The molecule has 0 unspecified atom stereocenters. The Hall–Kier alpha value is -4.75. The molecule has 1 fully saturated rings. The lowest BCUT2D eigenvalue weighted by Crippen LogP contribution is -2.41. The second-order valence-corrected chi connectivity index (χ2v) is 11.0. The lowest BCUT2D eigenvalue weighted by molar-refractivity contribution is -0.144. The maximum atomic E-state index is 12.9. The highest BCUT2D eigenvalue weighted by atomic mass is 16.6. The Kier molecular flexibility index (Phi) is 10.6. The predicted octanol–water partition coefficient (Wildman–Crippen LogP) is 3.08. The number of aromatic amines is 1. The molecule has 248 valence electrons. The molecule has 1 aromatic heterocycles. The summed E-state index contributed by atoms with van der Waals surface area (Å²) in [6, 6.07) is 24.6. The van der Waals surface area contributed by atoms with E-state index in [-0.39, 0.29) is 25.4 Å². The molecule has 1 saturated heterocycles. The van der Waals surface area contributed by atoms with Gasteiger partial charge in [-0.2, -0.15) is 0 Å². The van der Waals surface area contributed by atoms with Crippen molar-refractivity contribution < 1.29 is 38.3 Å². The van der Waals surface area contributed by atoms with Gasteiger partial charge in [0.15, 0.2) is 6.23 Å². The zero-order chi connectivity index (χ0) is 33.6. The number of aliphatic hydroxyl groups is 1. The zero-order valence-corrected chi connectivity index (χ0v) is 26.6. The van der Waals surface area contributed by atoms with Crippen molar-refractivity contribution in [3.63, 3.8) is 0 Å². The number of carbonyl (C=O) groups excluding carboxylic acids is 1. The molecule has 0 radical (unpaired) electrons. The fourth-order valence-electron chi connectivity index (χ4n) is 5.69. The summed E-state index contributed by atoms with van der Waals surface area (Å²) in [5.74, 6) is 0.845. The van der Waals surface area contributed by atoms with E-state index in [1.807, 2.05) is 78.9 Å². The summed E-state index contributed by atoms with van der Waals surface area (Å²) in [6.45, 7) is 2.53. The summed E-state index contributed by atoms with van der Waals surface area (Å²) in [5, 5.41) is 11.6. The van der Waals surface area contributed by atoms with Gasteiger partial charge in [0.1, 0.15) is 42.0 Å². The minimum absolute atomic E-state index is 0.0714. The van der Waals surface area contributed by atoms with E-state index in [9.17, 15) is 19.5 Å². The van der Waals surface area contributed by atoms with Crippen molar-refractivity contribution in [1.82, 2.24) is 9.55 Å². The molecule has 0 saturated carbocycles. The number of nitrogens with one attached hydrogen (secondary N) is 1. The van der Waals surface area contributed by atoms with Gasteiger partial charge in [-0.25, -0.2) is 4.79 Å².